The highest BCUT2D eigenvalue weighted by Gasteiger charge is 2.11. The van der Waals surface area contributed by atoms with E-state index in [0.29, 0.717) is 0 Å². The Morgan fingerprint density at radius 2 is 2.16 bits per heavy atom. The number of aromatic amines is 1. The summed E-state index contributed by atoms with van der Waals surface area (Å²) in [5.74, 6) is 0.938. The number of aromatic nitrogens is 2. The number of thioether (sulfide) groups is 1. The van der Waals surface area contributed by atoms with Gasteiger partial charge in [-0.2, -0.15) is 0 Å². The van der Waals surface area contributed by atoms with E-state index < -0.39 is 0 Å². The van der Waals surface area contributed by atoms with Crippen molar-refractivity contribution in [1.82, 2.24) is 14.9 Å². The van der Waals surface area contributed by atoms with E-state index >= 15 is 0 Å². The molecule has 0 atom stereocenters. The summed E-state index contributed by atoms with van der Waals surface area (Å²) in [6.07, 6.45) is 0.729. The number of rotatable bonds is 5. The molecular formula is C13H21N3O2S. The average molecular weight is 283 g/mol. The van der Waals surface area contributed by atoms with E-state index in [0.717, 1.165) is 61.4 Å². The first-order valence-corrected chi connectivity index (χ1v) is 7.72. The fourth-order valence-corrected chi connectivity index (χ4v) is 3.07. The van der Waals surface area contributed by atoms with Crippen LogP contribution in [0.2, 0.25) is 0 Å². The van der Waals surface area contributed by atoms with Gasteiger partial charge in [0.25, 0.3) is 5.56 Å². The van der Waals surface area contributed by atoms with E-state index in [1.54, 1.807) is 11.8 Å². The molecule has 0 bridgehead atoms. The maximum Gasteiger partial charge on any atom is 0.254 e. The first kappa shape index (κ1) is 14.6. The quantitative estimate of drug-likeness (QED) is 0.647. The lowest BCUT2D eigenvalue weighted by Crippen LogP contribution is -2.37. The monoisotopic (exact) mass is 283 g/mol. The fraction of sp³-hybridized carbons (Fsp3) is 0.692. The van der Waals surface area contributed by atoms with Gasteiger partial charge in [0.1, 0.15) is 0 Å². The Kier molecular flexibility index (Phi) is 5.42. The Morgan fingerprint density at radius 3 is 2.79 bits per heavy atom. The van der Waals surface area contributed by atoms with Crippen LogP contribution in [-0.4, -0.2) is 53.5 Å². The number of morpholine rings is 1. The average Bonchev–Trinajstić information content (AvgIpc) is 2.40. The van der Waals surface area contributed by atoms with Gasteiger partial charge in [-0.25, -0.2) is 4.98 Å². The molecule has 19 heavy (non-hydrogen) atoms. The van der Waals surface area contributed by atoms with Crippen molar-refractivity contribution in [3.63, 3.8) is 0 Å². The van der Waals surface area contributed by atoms with Gasteiger partial charge in [0.15, 0.2) is 5.16 Å². The molecule has 0 radical (unpaired) electrons. The summed E-state index contributed by atoms with van der Waals surface area (Å²) in [5.41, 5.74) is 1.64. The maximum absolute atomic E-state index is 11.8. The summed E-state index contributed by atoms with van der Waals surface area (Å²) in [6.45, 7) is 8.53. The molecule has 1 saturated heterocycles. The highest BCUT2D eigenvalue weighted by atomic mass is 32.2. The minimum absolute atomic E-state index is 0.00359. The van der Waals surface area contributed by atoms with Crippen molar-refractivity contribution < 1.29 is 4.74 Å². The molecule has 0 saturated carbocycles. The largest absolute Gasteiger partial charge is 0.379 e. The third-order valence-corrected chi connectivity index (χ3v) is 4.16. The molecule has 0 unspecified atom stereocenters. The molecule has 5 nitrogen and oxygen atoms in total. The van der Waals surface area contributed by atoms with Crippen molar-refractivity contribution in [1.29, 1.82) is 0 Å². The van der Waals surface area contributed by atoms with Crippen LogP contribution >= 0.6 is 11.8 Å². The molecule has 2 rings (SSSR count). The van der Waals surface area contributed by atoms with Crippen molar-refractivity contribution in [3.05, 3.63) is 21.6 Å². The Balaban J connectivity index is 1.87. The Labute approximate surface area is 117 Å². The highest BCUT2D eigenvalue weighted by Crippen LogP contribution is 2.13. The molecule has 1 aliphatic rings. The van der Waals surface area contributed by atoms with Gasteiger partial charge in [0.05, 0.1) is 13.2 Å². The fourth-order valence-electron chi connectivity index (χ4n) is 2.17. The second kappa shape index (κ2) is 7.07. The summed E-state index contributed by atoms with van der Waals surface area (Å²) in [4.78, 5) is 21.5. The van der Waals surface area contributed by atoms with Crippen molar-refractivity contribution in [2.24, 2.45) is 0 Å². The molecule has 106 valence electrons. The topological polar surface area (TPSA) is 58.2 Å². The van der Waals surface area contributed by atoms with E-state index in [1.165, 1.54) is 0 Å². The second-order valence-electron chi connectivity index (χ2n) is 4.59. The zero-order chi connectivity index (χ0) is 13.7. The van der Waals surface area contributed by atoms with Crippen LogP contribution in [0.1, 0.15) is 18.2 Å². The van der Waals surface area contributed by atoms with Crippen LogP contribution in [0.3, 0.4) is 0 Å². The molecule has 1 N–H and O–H groups in total. The number of aryl methyl sites for hydroxylation is 1. The van der Waals surface area contributed by atoms with Gasteiger partial charge in [0, 0.05) is 36.6 Å². The van der Waals surface area contributed by atoms with E-state index in [-0.39, 0.29) is 5.56 Å². The van der Waals surface area contributed by atoms with Crippen LogP contribution in [0, 0.1) is 6.92 Å². The number of ether oxygens (including phenoxy) is 1. The first-order valence-electron chi connectivity index (χ1n) is 6.73. The van der Waals surface area contributed by atoms with Crippen LogP contribution in [0.5, 0.6) is 0 Å². The van der Waals surface area contributed by atoms with Crippen molar-refractivity contribution in [3.8, 4) is 0 Å². The van der Waals surface area contributed by atoms with Crippen molar-refractivity contribution in [2.75, 3.05) is 38.6 Å². The SMILES string of the molecule is CCc1c(C)nc(SCCN2CCOCC2)[nH]c1=O. The minimum Gasteiger partial charge on any atom is -0.379 e. The lowest BCUT2D eigenvalue weighted by Gasteiger charge is -2.26. The standard InChI is InChI=1S/C13H21N3O2S/c1-3-11-10(2)14-13(15-12(11)17)19-9-6-16-4-7-18-8-5-16/h3-9H2,1-2H3,(H,14,15,17). The Hall–Kier alpha value is -0.850. The maximum atomic E-state index is 11.8. The third-order valence-electron chi connectivity index (χ3n) is 3.30. The van der Waals surface area contributed by atoms with Gasteiger partial charge in [-0.05, 0) is 13.3 Å². The molecule has 1 aliphatic heterocycles. The number of hydrogen-bond donors (Lipinski definition) is 1. The lowest BCUT2D eigenvalue weighted by molar-refractivity contribution is 0.0410. The lowest BCUT2D eigenvalue weighted by atomic mass is 10.2. The molecule has 0 aliphatic carbocycles. The Morgan fingerprint density at radius 1 is 1.42 bits per heavy atom. The second-order valence-corrected chi connectivity index (χ2v) is 5.67. The summed E-state index contributed by atoms with van der Waals surface area (Å²) in [6, 6.07) is 0. The predicted molar refractivity (Wildman–Crippen MR) is 77.0 cm³/mol. The molecular weight excluding hydrogens is 262 g/mol. The van der Waals surface area contributed by atoms with Crippen LogP contribution < -0.4 is 5.56 Å². The first-order chi connectivity index (χ1) is 9.20. The van der Waals surface area contributed by atoms with E-state index in [1.807, 2.05) is 13.8 Å². The summed E-state index contributed by atoms with van der Waals surface area (Å²) in [7, 11) is 0. The Bertz CT molecular complexity index is 469. The van der Waals surface area contributed by atoms with Crippen LogP contribution in [0.15, 0.2) is 9.95 Å². The zero-order valence-corrected chi connectivity index (χ0v) is 12.4. The molecule has 0 spiro atoms. The number of nitrogens with zero attached hydrogens (tertiary/aromatic N) is 2. The van der Waals surface area contributed by atoms with Gasteiger partial charge < -0.3 is 9.72 Å². The summed E-state index contributed by atoms with van der Waals surface area (Å²) < 4.78 is 5.31. The van der Waals surface area contributed by atoms with E-state index in [9.17, 15) is 4.79 Å². The predicted octanol–water partition coefficient (Wildman–Crippen LogP) is 1.07. The van der Waals surface area contributed by atoms with Gasteiger partial charge in [0.2, 0.25) is 0 Å². The van der Waals surface area contributed by atoms with E-state index in [4.69, 9.17) is 4.74 Å². The summed E-state index contributed by atoms with van der Waals surface area (Å²) >= 11 is 1.61. The molecule has 1 aromatic rings. The number of H-pyrrole nitrogens is 1. The minimum atomic E-state index is 0.00359. The molecule has 0 aromatic carbocycles. The number of nitrogens with one attached hydrogen (secondary N) is 1. The normalized spacial score (nSPS) is 16.7. The smallest absolute Gasteiger partial charge is 0.254 e. The molecule has 1 aromatic heterocycles. The van der Waals surface area contributed by atoms with Gasteiger partial charge in [-0.15, -0.1) is 0 Å². The van der Waals surface area contributed by atoms with Crippen LogP contribution in [0.25, 0.3) is 0 Å². The zero-order valence-electron chi connectivity index (χ0n) is 11.6. The molecule has 1 fully saturated rings. The third kappa shape index (κ3) is 4.06. The van der Waals surface area contributed by atoms with Crippen molar-refractivity contribution in [2.45, 2.75) is 25.4 Å². The summed E-state index contributed by atoms with van der Waals surface area (Å²) in [5, 5.41) is 0.730. The van der Waals surface area contributed by atoms with Crippen LogP contribution in [-0.2, 0) is 11.2 Å². The molecule has 2 heterocycles. The van der Waals surface area contributed by atoms with Crippen LogP contribution in [0.4, 0.5) is 0 Å². The number of hydrogen-bond acceptors (Lipinski definition) is 5. The van der Waals surface area contributed by atoms with Gasteiger partial charge in [-0.3, -0.25) is 9.69 Å². The molecule has 6 heteroatoms. The van der Waals surface area contributed by atoms with E-state index in [2.05, 4.69) is 14.9 Å². The van der Waals surface area contributed by atoms with Crippen molar-refractivity contribution >= 4 is 11.8 Å². The molecule has 0 amide bonds. The van der Waals surface area contributed by atoms with Gasteiger partial charge >= 0.3 is 0 Å². The highest BCUT2D eigenvalue weighted by molar-refractivity contribution is 7.99. The van der Waals surface area contributed by atoms with Gasteiger partial charge in [-0.1, -0.05) is 18.7 Å².